The molecule has 2 aromatic carbocycles. The van der Waals surface area contributed by atoms with Crippen LogP contribution in [0.5, 0.6) is 5.75 Å². The maximum atomic E-state index is 11.5. The number of benzene rings is 2. The fourth-order valence-corrected chi connectivity index (χ4v) is 3.66. The minimum atomic E-state index is -0.689. The van der Waals surface area contributed by atoms with Crippen molar-refractivity contribution >= 4 is 46.7 Å². The van der Waals surface area contributed by atoms with E-state index in [2.05, 4.69) is 5.32 Å². The fraction of sp³-hybridized carbons (Fsp3) is 0.278. The quantitative estimate of drug-likeness (QED) is 0.499. The van der Waals surface area contributed by atoms with Gasteiger partial charge in [0.25, 0.3) is 0 Å². The zero-order valence-corrected chi connectivity index (χ0v) is 16.1. The molecule has 1 aliphatic rings. The molecule has 0 aromatic heterocycles. The van der Waals surface area contributed by atoms with Gasteiger partial charge in [-0.3, -0.25) is 5.32 Å². The van der Waals surface area contributed by atoms with Crippen molar-refractivity contribution in [1.82, 2.24) is 0 Å². The number of hydrogen-bond acceptors (Lipinski definition) is 4. The second-order valence-electron chi connectivity index (χ2n) is 6.01. The van der Waals surface area contributed by atoms with Gasteiger partial charge in [0, 0.05) is 16.2 Å². The number of cyclic esters (lactones) is 1. The normalized spacial score (nSPS) is 15.1. The molecule has 2 aromatic rings. The monoisotopic (exact) mass is 397 g/mol. The van der Waals surface area contributed by atoms with Gasteiger partial charge in [0.15, 0.2) is 0 Å². The van der Waals surface area contributed by atoms with Crippen LogP contribution in [0.25, 0.3) is 0 Å². The number of anilines is 1. The van der Waals surface area contributed by atoms with Crippen molar-refractivity contribution in [3.05, 3.63) is 52.0 Å². The van der Waals surface area contributed by atoms with Gasteiger partial charge in [0.2, 0.25) is 0 Å². The van der Waals surface area contributed by atoms with E-state index in [1.54, 1.807) is 17.8 Å². The summed E-state index contributed by atoms with van der Waals surface area (Å²) < 4.78 is 11.1. The topological polar surface area (TPSA) is 47.6 Å². The fourth-order valence-electron chi connectivity index (χ4n) is 2.53. The molecule has 0 aliphatic carbocycles. The van der Waals surface area contributed by atoms with E-state index in [1.165, 1.54) is 0 Å². The highest BCUT2D eigenvalue weighted by Gasteiger charge is 2.33. The van der Waals surface area contributed by atoms with Crippen LogP contribution in [0.2, 0.25) is 10.0 Å². The zero-order chi connectivity index (χ0) is 18.0. The molecule has 1 heterocycles. The van der Waals surface area contributed by atoms with Crippen molar-refractivity contribution < 1.29 is 14.3 Å². The van der Waals surface area contributed by atoms with Gasteiger partial charge >= 0.3 is 6.09 Å². The number of carbonyl (C=O) groups is 1. The van der Waals surface area contributed by atoms with Crippen LogP contribution in [0.15, 0.2) is 41.3 Å². The van der Waals surface area contributed by atoms with Gasteiger partial charge in [-0.05, 0) is 50.2 Å². The molecule has 0 radical (unpaired) electrons. The average Bonchev–Trinajstić information content (AvgIpc) is 2.54. The third kappa shape index (κ3) is 4.35. The second-order valence-corrected chi connectivity index (χ2v) is 7.99. The van der Waals surface area contributed by atoms with E-state index in [0.717, 1.165) is 27.6 Å². The average molecular weight is 398 g/mol. The van der Waals surface area contributed by atoms with Gasteiger partial charge in [-0.1, -0.05) is 23.2 Å². The van der Waals surface area contributed by atoms with Crippen LogP contribution in [0.3, 0.4) is 0 Å². The van der Waals surface area contributed by atoms with Crippen LogP contribution in [0, 0.1) is 0 Å². The predicted molar refractivity (Wildman–Crippen MR) is 102 cm³/mol. The first-order valence-electron chi connectivity index (χ1n) is 7.70. The highest BCUT2D eigenvalue weighted by Crippen LogP contribution is 2.37. The number of rotatable bonds is 5. The van der Waals surface area contributed by atoms with E-state index in [0.29, 0.717) is 16.7 Å². The lowest BCUT2D eigenvalue weighted by molar-refractivity contribution is 0.0418. The molecule has 0 bridgehead atoms. The Morgan fingerprint density at radius 1 is 1.16 bits per heavy atom. The minimum absolute atomic E-state index is 0.441. The van der Waals surface area contributed by atoms with E-state index in [4.69, 9.17) is 32.7 Å². The summed E-state index contributed by atoms with van der Waals surface area (Å²) in [7, 11) is 0. The third-order valence-electron chi connectivity index (χ3n) is 3.74. The van der Waals surface area contributed by atoms with Gasteiger partial charge in [-0.2, -0.15) is 0 Å². The molecule has 0 saturated heterocycles. The number of hydrogen-bond donors (Lipinski definition) is 1. The smallest absolute Gasteiger partial charge is 0.412 e. The molecular weight excluding hydrogens is 381 g/mol. The zero-order valence-electron chi connectivity index (χ0n) is 13.8. The summed E-state index contributed by atoms with van der Waals surface area (Å²) in [6.45, 7) is 4.25. The number of ether oxygens (including phenoxy) is 2. The van der Waals surface area contributed by atoms with Crippen molar-refractivity contribution in [3.63, 3.8) is 0 Å². The van der Waals surface area contributed by atoms with E-state index in [-0.39, 0.29) is 0 Å². The van der Waals surface area contributed by atoms with Gasteiger partial charge in [0.05, 0.1) is 22.3 Å². The van der Waals surface area contributed by atoms with Crippen LogP contribution < -0.4 is 10.1 Å². The van der Waals surface area contributed by atoms with E-state index >= 15 is 0 Å². The number of thioether (sulfide) groups is 1. The largest absolute Gasteiger partial charge is 0.493 e. The molecule has 1 N–H and O–H groups in total. The molecule has 132 valence electrons. The Morgan fingerprint density at radius 2 is 1.96 bits per heavy atom. The molecule has 0 unspecified atom stereocenters. The molecular formula is C18H17Cl2NO3S. The number of nitrogens with one attached hydrogen (secondary N) is 1. The van der Waals surface area contributed by atoms with Crippen molar-refractivity contribution in [1.29, 1.82) is 0 Å². The Hall–Kier alpha value is -1.56. The maximum Gasteiger partial charge on any atom is 0.412 e. The lowest BCUT2D eigenvalue weighted by Gasteiger charge is -2.32. The Bertz CT molecular complexity index is 811. The first-order valence-corrected chi connectivity index (χ1v) is 9.44. The molecule has 0 atom stereocenters. The Morgan fingerprint density at radius 3 is 2.72 bits per heavy atom. The van der Waals surface area contributed by atoms with E-state index in [9.17, 15) is 4.79 Å². The van der Waals surface area contributed by atoms with Gasteiger partial charge < -0.3 is 9.47 Å². The summed E-state index contributed by atoms with van der Waals surface area (Å²) in [6, 6.07) is 11.1. The highest BCUT2D eigenvalue weighted by molar-refractivity contribution is 7.99. The molecule has 25 heavy (non-hydrogen) atoms. The number of fused-ring (bicyclic) bond motifs is 1. The Labute approximate surface area is 160 Å². The van der Waals surface area contributed by atoms with Gasteiger partial charge in [0.1, 0.15) is 11.4 Å². The van der Waals surface area contributed by atoms with Crippen LogP contribution in [-0.2, 0) is 10.3 Å². The van der Waals surface area contributed by atoms with Crippen LogP contribution in [0.1, 0.15) is 19.4 Å². The highest BCUT2D eigenvalue weighted by atomic mass is 35.5. The SMILES string of the molecule is CC1(C)OC(=O)Nc2ccc(OCCSc3ccc(Cl)c(Cl)c3)cc21. The third-order valence-corrected chi connectivity index (χ3v) is 5.43. The standard InChI is InChI=1S/C18H17Cl2NO3S/c1-18(2)13-9-11(3-6-16(13)21-17(22)24-18)23-7-8-25-12-4-5-14(19)15(20)10-12/h3-6,9-10H,7-8H2,1-2H3,(H,21,22). The minimum Gasteiger partial charge on any atom is -0.493 e. The summed E-state index contributed by atoms with van der Waals surface area (Å²) in [5.74, 6) is 1.51. The van der Waals surface area contributed by atoms with Crippen molar-refractivity contribution in [2.45, 2.75) is 24.3 Å². The Kier molecular flexibility index (Phi) is 5.37. The summed E-state index contributed by atoms with van der Waals surface area (Å²) in [5.41, 5.74) is 0.951. The lowest BCUT2D eigenvalue weighted by atomic mass is 9.94. The molecule has 0 spiro atoms. The summed E-state index contributed by atoms with van der Waals surface area (Å²) in [6.07, 6.45) is -0.441. The Balaban J connectivity index is 1.59. The predicted octanol–water partition coefficient (Wildman–Crippen LogP) is 5.96. The van der Waals surface area contributed by atoms with Crippen molar-refractivity contribution in [2.75, 3.05) is 17.7 Å². The van der Waals surface area contributed by atoms with Crippen LogP contribution >= 0.6 is 35.0 Å². The summed E-state index contributed by atoms with van der Waals surface area (Å²) >= 11 is 13.6. The second kappa shape index (κ2) is 7.36. The molecule has 1 amide bonds. The molecule has 0 fully saturated rings. The van der Waals surface area contributed by atoms with Gasteiger partial charge in [-0.15, -0.1) is 11.8 Å². The molecule has 3 rings (SSSR count). The number of halogens is 2. The molecule has 1 aliphatic heterocycles. The van der Waals surface area contributed by atoms with Crippen molar-refractivity contribution in [2.24, 2.45) is 0 Å². The summed E-state index contributed by atoms with van der Waals surface area (Å²) in [5, 5.41) is 3.79. The first kappa shape index (κ1) is 18.2. The summed E-state index contributed by atoms with van der Waals surface area (Å²) in [4.78, 5) is 12.6. The number of carbonyl (C=O) groups excluding carboxylic acids is 1. The lowest BCUT2D eigenvalue weighted by Crippen LogP contribution is -2.34. The number of amides is 1. The molecule has 4 nitrogen and oxygen atoms in total. The maximum absolute atomic E-state index is 11.5. The molecule has 0 saturated carbocycles. The van der Waals surface area contributed by atoms with Crippen LogP contribution in [0.4, 0.5) is 10.5 Å². The molecule has 7 heteroatoms. The van der Waals surface area contributed by atoms with E-state index < -0.39 is 11.7 Å². The van der Waals surface area contributed by atoms with Crippen LogP contribution in [-0.4, -0.2) is 18.5 Å². The van der Waals surface area contributed by atoms with E-state index in [1.807, 2.05) is 44.2 Å². The van der Waals surface area contributed by atoms with Gasteiger partial charge in [-0.25, -0.2) is 4.79 Å². The van der Waals surface area contributed by atoms with Crippen molar-refractivity contribution in [3.8, 4) is 5.75 Å². The first-order chi connectivity index (χ1) is 11.8.